The van der Waals surface area contributed by atoms with E-state index in [2.05, 4.69) is 16.9 Å². The van der Waals surface area contributed by atoms with Crippen LogP contribution in [0.4, 0.5) is 13.2 Å². The summed E-state index contributed by atoms with van der Waals surface area (Å²) in [5.74, 6) is 5.19. The van der Waals surface area contributed by atoms with Crippen molar-refractivity contribution in [1.82, 2.24) is 9.78 Å². The van der Waals surface area contributed by atoms with Gasteiger partial charge in [0.1, 0.15) is 11.9 Å². The standard InChI is InChI=1S/C30H25F3N2O3/c1-3-6-18(17-27(36)37)19-11-13-26-22(15-19)12-14-25(38-26)21-8-4-7-20(16-21)23-9-5-10-24-28(23)29(30(31,32)33)34-35(24)2/h4-5,7-11,13,15-16,18,25H,12,14,17H2,1-2H3,(H,36,37). The van der Waals surface area contributed by atoms with Crippen molar-refractivity contribution in [2.75, 3.05) is 0 Å². The van der Waals surface area contributed by atoms with E-state index in [0.717, 1.165) is 16.7 Å². The maximum Gasteiger partial charge on any atom is 0.435 e. The van der Waals surface area contributed by atoms with Crippen LogP contribution in [0, 0.1) is 11.8 Å². The number of aliphatic carboxylic acids is 1. The molecule has 0 saturated carbocycles. The number of aryl methyl sites for hydroxylation is 2. The van der Waals surface area contributed by atoms with Crippen molar-refractivity contribution in [2.24, 2.45) is 7.05 Å². The lowest BCUT2D eigenvalue weighted by Gasteiger charge is -2.27. The van der Waals surface area contributed by atoms with Crippen LogP contribution >= 0.6 is 0 Å². The van der Waals surface area contributed by atoms with Crippen LogP contribution in [0.1, 0.15) is 54.2 Å². The molecule has 0 radical (unpaired) electrons. The molecular formula is C30H25F3N2O3. The third-order valence-electron chi connectivity index (χ3n) is 6.85. The normalized spacial score (nSPS) is 15.8. The van der Waals surface area contributed by atoms with E-state index in [0.29, 0.717) is 35.2 Å². The summed E-state index contributed by atoms with van der Waals surface area (Å²) in [5.41, 5.74) is 3.33. The van der Waals surface area contributed by atoms with E-state index in [9.17, 15) is 23.1 Å². The zero-order valence-corrected chi connectivity index (χ0v) is 20.8. The van der Waals surface area contributed by atoms with Crippen LogP contribution in [0.15, 0.2) is 60.7 Å². The molecule has 0 fully saturated rings. The minimum absolute atomic E-state index is 0.0738. The summed E-state index contributed by atoms with van der Waals surface area (Å²) in [7, 11) is 1.51. The van der Waals surface area contributed by atoms with E-state index in [1.807, 2.05) is 36.4 Å². The Morgan fingerprint density at radius 1 is 1.18 bits per heavy atom. The summed E-state index contributed by atoms with van der Waals surface area (Å²) in [4.78, 5) is 11.3. The van der Waals surface area contributed by atoms with Gasteiger partial charge >= 0.3 is 12.1 Å². The Balaban J connectivity index is 1.46. The lowest BCUT2D eigenvalue weighted by Crippen LogP contribution is -2.16. The summed E-state index contributed by atoms with van der Waals surface area (Å²) >= 11 is 0. The van der Waals surface area contributed by atoms with Gasteiger partial charge in [-0.2, -0.15) is 18.3 Å². The zero-order chi connectivity index (χ0) is 27.0. The fourth-order valence-corrected chi connectivity index (χ4v) is 5.12. The highest BCUT2D eigenvalue weighted by Gasteiger charge is 2.37. The highest BCUT2D eigenvalue weighted by atomic mass is 19.4. The van der Waals surface area contributed by atoms with Crippen LogP contribution in [0.2, 0.25) is 0 Å². The van der Waals surface area contributed by atoms with Crippen LogP contribution in [0.25, 0.3) is 22.0 Å². The first-order valence-corrected chi connectivity index (χ1v) is 12.2. The summed E-state index contributed by atoms with van der Waals surface area (Å²) < 4.78 is 48.9. The van der Waals surface area contributed by atoms with Gasteiger partial charge in [-0.15, -0.1) is 5.92 Å². The van der Waals surface area contributed by atoms with E-state index in [1.165, 1.54) is 11.7 Å². The first-order chi connectivity index (χ1) is 18.2. The minimum atomic E-state index is -4.57. The average molecular weight is 519 g/mol. The SMILES string of the molecule is CC#CC(CC(=O)O)c1ccc2c(c1)CCC(c1cccc(-c3cccc4c3c(C(F)(F)F)nn4C)c1)O2. The quantitative estimate of drug-likeness (QED) is 0.292. The molecule has 2 unspecified atom stereocenters. The monoisotopic (exact) mass is 518 g/mol. The van der Waals surface area contributed by atoms with E-state index in [-0.39, 0.29) is 17.9 Å². The Labute approximate surface area is 217 Å². The van der Waals surface area contributed by atoms with Gasteiger partial charge in [0.05, 0.1) is 17.9 Å². The molecule has 1 aliphatic rings. The molecule has 0 spiro atoms. The molecule has 1 aromatic heterocycles. The van der Waals surface area contributed by atoms with Gasteiger partial charge < -0.3 is 9.84 Å². The van der Waals surface area contributed by atoms with Crippen molar-refractivity contribution in [3.63, 3.8) is 0 Å². The molecule has 8 heteroatoms. The van der Waals surface area contributed by atoms with Gasteiger partial charge in [0.15, 0.2) is 5.69 Å². The summed E-state index contributed by atoms with van der Waals surface area (Å²) in [6, 6.07) is 18.1. The highest BCUT2D eigenvalue weighted by molar-refractivity contribution is 5.97. The second kappa shape index (κ2) is 9.90. The van der Waals surface area contributed by atoms with Gasteiger partial charge in [-0.05, 0) is 65.8 Å². The van der Waals surface area contributed by atoms with Crippen molar-refractivity contribution in [1.29, 1.82) is 0 Å². The second-order valence-electron chi connectivity index (χ2n) is 9.35. The molecule has 0 amide bonds. The van der Waals surface area contributed by atoms with Crippen molar-refractivity contribution in [3.05, 3.63) is 83.0 Å². The van der Waals surface area contributed by atoms with Gasteiger partial charge in [0.25, 0.3) is 0 Å². The molecule has 3 aromatic carbocycles. The van der Waals surface area contributed by atoms with Crippen LogP contribution < -0.4 is 4.74 Å². The first-order valence-electron chi connectivity index (χ1n) is 12.2. The van der Waals surface area contributed by atoms with Gasteiger partial charge in [-0.25, -0.2) is 0 Å². The number of alkyl halides is 3. The molecule has 5 nitrogen and oxygen atoms in total. The number of ether oxygens (including phenoxy) is 1. The summed E-state index contributed by atoms with van der Waals surface area (Å²) in [6.45, 7) is 1.69. The van der Waals surface area contributed by atoms with E-state index < -0.39 is 23.8 Å². The van der Waals surface area contributed by atoms with E-state index in [4.69, 9.17) is 4.74 Å². The number of nitrogens with zero attached hydrogens (tertiary/aromatic N) is 2. The van der Waals surface area contributed by atoms with Crippen LogP contribution in [-0.2, 0) is 24.4 Å². The Hall–Kier alpha value is -4.25. The molecule has 0 aliphatic carbocycles. The average Bonchev–Trinajstić information content (AvgIpc) is 3.25. The van der Waals surface area contributed by atoms with E-state index in [1.54, 1.807) is 31.2 Å². The minimum Gasteiger partial charge on any atom is -0.485 e. The maximum absolute atomic E-state index is 13.8. The number of benzene rings is 3. The summed E-state index contributed by atoms with van der Waals surface area (Å²) in [5, 5.41) is 13.1. The van der Waals surface area contributed by atoms with Crippen LogP contribution in [-0.4, -0.2) is 20.9 Å². The Morgan fingerprint density at radius 3 is 2.71 bits per heavy atom. The number of carboxylic acids is 1. The molecule has 194 valence electrons. The van der Waals surface area contributed by atoms with Crippen molar-refractivity contribution < 1.29 is 27.8 Å². The number of halogens is 3. The molecule has 38 heavy (non-hydrogen) atoms. The number of hydrogen-bond donors (Lipinski definition) is 1. The largest absolute Gasteiger partial charge is 0.485 e. The van der Waals surface area contributed by atoms with Gasteiger partial charge in [0.2, 0.25) is 0 Å². The molecule has 1 N–H and O–H groups in total. The van der Waals surface area contributed by atoms with Gasteiger partial charge in [0, 0.05) is 12.4 Å². The number of carboxylic acid groups (broad SMARTS) is 1. The molecule has 2 atom stereocenters. The number of hydrogen-bond acceptors (Lipinski definition) is 3. The van der Waals surface area contributed by atoms with Crippen molar-refractivity contribution in [3.8, 4) is 28.7 Å². The number of carbonyl (C=O) groups is 1. The zero-order valence-electron chi connectivity index (χ0n) is 20.8. The second-order valence-corrected chi connectivity index (χ2v) is 9.35. The van der Waals surface area contributed by atoms with Gasteiger partial charge in [-0.3, -0.25) is 9.48 Å². The number of fused-ring (bicyclic) bond motifs is 2. The van der Waals surface area contributed by atoms with Crippen LogP contribution in [0.5, 0.6) is 5.75 Å². The highest BCUT2D eigenvalue weighted by Crippen LogP contribution is 2.41. The van der Waals surface area contributed by atoms with Gasteiger partial charge in [-0.1, -0.05) is 48.4 Å². The topological polar surface area (TPSA) is 64.3 Å². The van der Waals surface area contributed by atoms with Crippen LogP contribution in [0.3, 0.4) is 0 Å². The summed E-state index contributed by atoms with van der Waals surface area (Å²) in [6.07, 6.45) is -3.53. The van der Waals surface area contributed by atoms with Crippen molar-refractivity contribution >= 4 is 16.9 Å². The molecule has 1 aliphatic heterocycles. The fourth-order valence-electron chi connectivity index (χ4n) is 5.12. The lowest BCUT2D eigenvalue weighted by atomic mass is 9.90. The Bertz CT molecular complexity index is 1590. The molecule has 0 bridgehead atoms. The maximum atomic E-state index is 13.8. The smallest absolute Gasteiger partial charge is 0.435 e. The number of rotatable bonds is 5. The predicted octanol–water partition coefficient (Wildman–Crippen LogP) is 6.91. The Kier molecular flexibility index (Phi) is 6.62. The molecule has 2 heterocycles. The molecule has 4 aromatic rings. The third-order valence-corrected chi connectivity index (χ3v) is 6.85. The molecule has 5 rings (SSSR count). The first kappa shape index (κ1) is 25.4. The number of aromatic nitrogens is 2. The van der Waals surface area contributed by atoms with Crippen molar-refractivity contribution in [2.45, 2.75) is 44.4 Å². The Morgan fingerprint density at radius 2 is 1.97 bits per heavy atom. The lowest BCUT2D eigenvalue weighted by molar-refractivity contribution is -0.140. The predicted molar refractivity (Wildman–Crippen MR) is 138 cm³/mol. The van der Waals surface area contributed by atoms with E-state index >= 15 is 0 Å². The molecular weight excluding hydrogens is 493 g/mol. The third kappa shape index (κ3) is 4.84. The fraction of sp³-hybridized carbons (Fsp3) is 0.267. The molecule has 0 saturated heterocycles.